The fraction of sp³-hybridized carbons (Fsp3) is 0.353. The average Bonchev–Trinajstić information content (AvgIpc) is 3.09. The number of alkyl carbamates (subject to hydrolysis) is 1. The molecule has 250 valence electrons. The Hall–Kier alpha value is -3.81. The molecule has 0 radical (unpaired) electrons. The highest BCUT2D eigenvalue weighted by molar-refractivity contribution is 7.89. The van der Waals surface area contributed by atoms with Crippen molar-refractivity contribution in [3.05, 3.63) is 107 Å². The van der Waals surface area contributed by atoms with Crippen molar-refractivity contribution in [3.63, 3.8) is 0 Å². The van der Waals surface area contributed by atoms with E-state index >= 15 is 4.39 Å². The van der Waals surface area contributed by atoms with Gasteiger partial charge >= 0.3 is 6.09 Å². The van der Waals surface area contributed by atoms with Crippen LogP contribution in [0.5, 0.6) is 0 Å². The maximum Gasteiger partial charge on any atom is 0.407 e. The first-order valence-corrected chi connectivity index (χ1v) is 17.1. The second-order valence-electron chi connectivity index (χ2n) is 11.6. The van der Waals surface area contributed by atoms with E-state index in [1.807, 2.05) is 12.1 Å². The molecule has 3 unspecified atom stereocenters. The van der Waals surface area contributed by atoms with E-state index in [1.165, 1.54) is 35.7 Å². The van der Waals surface area contributed by atoms with Crippen LogP contribution in [-0.4, -0.2) is 76.3 Å². The van der Waals surface area contributed by atoms with Crippen LogP contribution in [0.4, 0.5) is 14.9 Å². The van der Waals surface area contributed by atoms with Crippen LogP contribution in [0.1, 0.15) is 24.0 Å². The topological polar surface area (TPSA) is 126 Å². The first kappa shape index (κ1) is 34.5. The third-order valence-corrected chi connectivity index (χ3v) is 11.1. The predicted octanol–water partition coefficient (Wildman–Crippen LogP) is 4.65. The lowest BCUT2D eigenvalue weighted by Gasteiger charge is -2.43. The van der Waals surface area contributed by atoms with Gasteiger partial charge in [-0.15, -0.1) is 6.58 Å². The molecule has 3 N–H and O–H groups in total. The summed E-state index contributed by atoms with van der Waals surface area (Å²) in [6.45, 7) is 5.11. The van der Waals surface area contributed by atoms with Crippen LogP contribution < -0.4 is 16.0 Å². The quantitative estimate of drug-likeness (QED) is 0.266. The monoisotopic (exact) mass is 684 g/mol. The summed E-state index contributed by atoms with van der Waals surface area (Å²) < 4.78 is 55.4. The molecule has 2 saturated heterocycles. The lowest BCUT2D eigenvalue weighted by molar-refractivity contribution is -0.121. The number of anilines is 1. The molecule has 47 heavy (non-hydrogen) atoms. The third kappa shape index (κ3) is 7.37. The van der Waals surface area contributed by atoms with Gasteiger partial charge in [-0.1, -0.05) is 54.1 Å². The van der Waals surface area contributed by atoms with Gasteiger partial charge in [-0.3, -0.25) is 4.79 Å². The summed E-state index contributed by atoms with van der Waals surface area (Å²) in [5.74, 6) is -1.21. The van der Waals surface area contributed by atoms with Crippen molar-refractivity contribution in [1.82, 2.24) is 14.9 Å². The number of sulfonamides is 1. The smallest absolute Gasteiger partial charge is 0.407 e. The third-order valence-electron chi connectivity index (χ3n) is 8.89. The molecule has 0 saturated carbocycles. The van der Waals surface area contributed by atoms with Crippen LogP contribution in [0.3, 0.4) is 0 Å². The number of hydrogen-bond acceptors (Lipinski definition) is 7. The summed E-state index contributed by atoms with van der Waals surface area (Å²) in [6.07, 6.45) is 1.48. The summed E-state index contributed by atoms with van der Waals surface area (Å²) in [4.78, 5) is 27.0. The van der Waals surface area contributed by atoms with Gasteiger partial charge in [-0.2, -0.15) is 4.31 Å². The van der Waals surface area contributed by atoms with E-state index < -0.39 is 51.4 Å². The minimum absolute atomic E-state index is 0.0586. The normalized spacial score (nSPS) is 20.5. The predicted molar refractivity (Wildman–Crippen MR) is 177 cm³/mol. The summed E-state index contributed by atoms with van der Waals surface area (Å²) in [5.41, 5.74) is 0.143. The molecule has 3 aromatic carbocycles. The van der Waals surface area contributed by atoms with Crippen molar-refractivity contribution in [2.75, 3.05) is 38.7 Å². The zero-order valence-electron chi connectivity index (χ0n) is 26.0. The molecule has 0 aliphatic carbocycles. The summed E-state index contributed by atoms with van der Waals surface area (Å²) >= 11 is 6.18. The minimum atomic E-state index is -4.00. The van der Waals surface area contributed by atoms with Crippen molar-refractivity contribution in [2.24, 2.45) is 0 Å². The molecular weight excluding hydrogens is 647 g/mol. The Labute approximate surface area is 279 Å². The average molecular weight is 685 g/mol. The molecule has 13 heteroatoms. The van der Waals surface area contributed by atoms with E-state index in [-0.39, 0.29) is 29.1 Å². The van der Waals surface area contributed by atoms with E-state index in [2.05, 4.69) is 22.5 Å². The standard InChI is InChI=1S/C34H38ClFN4O6S/c1-3-25-21-37-22-26(40(25)47(43,44)27-8-5-4-6-9-27)20-28-29(36)10-7-11-30(28)38-32(41)31(39-33(42)45-2)34(16-18-46-19-17-34)23-12-14-24(35)15-13-23/h3-15,25-26,31,37H,1,16-22H2,2H3,(H,38,41)(H,39,42). The van der Waals surface area contributed by atoms with E-state index in [0.29, 0.717) is 37.6 Å². The van der Waals surface area contributed by atoms with Gasteiger partial charge in [-0.25, -0.2) is 17.6 Å². The van der Waals surface area contributed by atoms with Crippen LogP contribution >= 0.6 is 11.6 Å². The number of hydrogen-bond donors (Lipinski definition) is 3. The molecule has 3 aromatic rings. The molecule has 5 rings (SSSR count). The minimum Gasteiger partial charge on any atom is -0.453 e. The fourth-order valence-corrected chi connectivity index (χ4v) is 8.43. The maximum atomic E-state index is 15.7. The molecule has 2 heterocycles. The lowest BCUT2D eigenvalue weighted by atomic mass is 9.68. The zero-order valence-corrected chi connectivity index (χ0v) is 27.5. The van der Waals surface area contributed by atoms with E-state index in [9.17, 15) is 18.0 Å². The van der Waals surface area contributed by atoms with Gasteiger partial charge in [-0.05, 0) is 61.2 Å². The number of carbonyl (C=O) groups is 2. The number of piperazine rings is 1. The molecule has 2 fully saturated rings. The maximum absolute atomic E-state index is 15.7. The molecule has 10 nitrogen and oxygen atoms in total. The van der Waals surface area contributed by atoms with E-state index in [0.717, 1.165) is 5.56 Å². The highest BCUT2D eigenvalue weighted by Gasteiger charge is 2.47. The number of halogens is 2. The van der Waals surface area contributed by atoms with Crippen molar-refractivity contribution in [3.8, 4) is 0 Å². The number of methoxy groups -OCH3 is 1. The molecule has 0 spiro atoms. The summed E-state index contributed by atoms with van der Waals surface area (Å²) in [6, 6.07) is 16.9. The number of amides is 2. The number of carbonyl (C=O) groups excluding carboxylic acids is 2. The lowest BCUT2D eigenvalue weighted by Crippen LogP contribution is -2.59. The van der Waals surface area contributed by atoms with Crippen LogP contribution in [-0.2, 0) is 36.1 Å². The number of nitrogens with one attached hydrogen (secondary N) is 3. The van der Waals surface area contributed by atoms with Crippen LogP contribution in [0.25, 0.3) is 0 Å². The van der Waals surface area contributed by atoms with Gasteiger partial charge in [0.1, 0.15) is 11.9 Å². The van der Waals surface area contributed by atoms with Gasteiger partial charge in [0.25, 0.3) is 0 Å². The zero-order chi connectivity index (χ0) is 33.6. The van der Waals surface area contributed by atoms with Gasteiger partial charge in [0.15, 0.2) is 0 Å². The second kappa shape index (κ2) is 15.0. The number of rotatable bonds is 10. The molecule has 2 aliphatic heterocycles. The van der Waals surface area contributed by atoms with Gasteiger partial charge < -0.3 is 25.4 Å². The Morgan fingerprint density at radius 1 is 1.11 bits per heavy atom. The number of nitrogens with zero attached hydrogens (tertiary/aromatic N) is 1. The first-order chi connectivity index (χ1) is 22.6. The number of ether oxygens (including phenoxy) is 2. The SMILES string of the molecule is C=CC1CNCC(Cc2c(F)cccc2NC(=O)C(NC(=O)OC)C2(c3ccc(Cl)cc3)CCOCC2)N1S(=O)(=O)c1ccccc1. The number of benzene rings is 3. The largest absolute Gasteiger partial charge is 0.453 e. The summed E-state index contributed by atoms with van der Waals surface area (Å²) in [7, 11) is -2.79. The van der Waals surface area contributed by atoms with Crippen LogP contribution in [0.2, 0.25) is 5.02 Å². The molecule has 2 aliphatic rings. The Bertz CT molecular complexity index is 1690. The van der Waals surface area contributed by atoms with Crippen molar-refractivity contribution < 1.29 is 31.9 Å². The fourth-order valence-electron chi connectivity index (χ4n) is 6.50. The van der Waals surface area contributed by atoms with Gasteiger partial charge in [0.2, 0.25) is 15.9 Å². The van der Waals surface area contributed by atoms with Crippen LogP contribution in [0.15, 0.2) is 90.3 Å². The van der Waals surface area contributed by atoms with Gasteiger partial charge in [0.05, 0.1) is 18.0 Å². The summed E-state index contributed by atoms with van der Waals surface area (Å²) in [5, 5.41) is 9.33. The van der Waals surface area contributed by atoms with Crippen molar-refractivity contribution in [2.45, 2.75) is 47.7 Å². The van der Waals surface area contributed by atoms with Crippen molar-refractivity contribution >= 4 is 39.3 Å². The van der Waals surface area contributed by atoms with Gasteiger partial charge in [0, 0.05) is 54.0 Å². The first-order valence-electron chi connectivity index (χ1n) is 15.3. The molecule has 0 aromatic heterocycles. The van der Waals surface area contributed by atoms with Crippen molar-refractivity contribution in [1.29, 1.82) is 0 Å². The Kier molecular flexibility index (Phi) is 11.0. The van der Waals surface area contributed by atoms with E-state index in [1.54, 1.807) is 42.5 Å². The highest BCUT2D eigenvalue weighted by Crippen LogP contribution is 2.40. The highest BCUT2D eigenvalue weighted by atomic mass is 35.5. The molecule has 0 bridgehead atoms. The Balaban J connectivity index is 1.51. The van der Waals surface area contributed by atoms with E-state index in [4.69, 9.17) is 21.1 Å². The Morgan fingerprint density at radius 3 is 2.47 bits per heavy atom. The Morgan fingerprint density at radius 2 is 1.81 bits per heavy atom. The molecular formula is C34H38ClFN4O6S. The van der Waals surface area contributed by atoms with Crippen LogP contribution in [0, 0.1) is 5.82 Å². The molecule has 3 atom stereocenters. The molecule has 2 amide bonds. The second-order valence-corrected chi connectivity index (χ2v) is 13.8.